The monoisotopic (exact) mass is 228 g/mol. The molecule has 0 aliphatic heterocycles. The summed E-state index contributed by atoms with van der Waals surface area (Å²) in [6.07, 6.45) is -1.35. The summed E-state index contributed by atoms with van der Waals surface area (Å²) in [7, 11) is 1.36. The SMILES string of the molecule is COc1cccc(CCC(O)C(=O)O)c1F. The molecule has 1 unspecified atom stereocenters. The van der Waals surface area contributed by atoms with Gasteiger partial charge in [0.2, 0.25) is 0 Å². The number of carbonyl (C=O) groups is 1. The van der Waals surface area contributed by atoms with Gasteiger partial charge in [0.25, 0.3) is 0 Å². The van der Waals surface area contributed by atoms with Gasteiger partial charge >= 0.3 is 5.97 Å². The molecule has 0 amide bonds. The molecule has 0 fully saturated rings. The second-order valence-electron chi connectivity index (χ2n) is 3.33. The first-order chi connectivity index (χ1) is 7.56. The summed E-state index contributed by atoms with van der Waals surface area (Å²) in [5.74, 6) is -1.70. The molecular weight excluding hydrogens is 215 g/mol. The van der Waals surface area contributed by atoms with E-state index in [1.165, 1.54) is 19.2 Å². The number of benzene rings is 1. The molecule has 16 heavy (non-hydrogen) atoms. The molecule has 88 valence electrons. The Hall–Kier alpha value is -1.62. The van der Waals surface area contributed by atoms with E-state index in [-0.39, 0.29) is 18.6 Å². The molecule has 0 aromatic heterocycles. The maximum Gasteiger partial charge on any atom is 0.332 e. The summed E-state index contributed by atoms with van der Waals surface area (Å²) in [5, 5.41) is 17.5. The third-order valence-corrected chi connectivity index (χ3v) is 2.24. The van der Waals surface area contributed by atoms with E-state index >= 15 is 0 Å². The van der Waals surface area contributed by atoms with Crippen LogP contribution in [0.5, 0.6) is 5.75 Å². The number of methoxy groups -OCH3 is 1. The van der Waals surface area contributed by atoms with Crippen molar-refractivity contribution in [1.29, 1.82) is 0 Å². The molecule has 2 N–H and O–H groups in total. The van der Waals surface area contributed by atoms with Crippen molar-refractivity contribution in [3.05, 3.63) is 29.6 Å². The van der Waals surface area contributed by atoms with Crippen LogP contribution in [-0.2, 0) is 11.2 Å². The fourth-order valence-electron chi connectivity index (χ4n) is 1.32. The van der Waals surface area contributed by atoms with Crippen LogP contribution in [0.1, 0.15) is 12.0 Å². The zero-order valence-corrected chi connectivity index (χ0v) is 8.81. The second-order valence-corrected chi connectivity index (χ2v) is 3.33. The summed E-state index contributed by atoms with van der Waals surface area (Å²) in [6, 6.07) is 4.63. The highest BCUT2D eigenvalue weighted by Crippen LogP contribution is 2.21. The van der Waals surface area contributed by atoms with Crippen LogP contribution in [0.15, 0.2) is 18.2 Å². The molecule has 0 aliphatic carbocycles. The Bertz CT molecular complexity index is 378. The number of hydrogen-bond donors (Lipinski definition) is 2. The average molecular weight is 228 g/mol. The van der Waals surface area contributed by atoms with Crippen LogP contribution >= 0.6 is 0 Å². The Morgan fingerprint density at radius 1 is 1.56 bits per heavy atom. The van der Waals surface area contributed by atoms with E-state index < -0.39 is 17.9 Å². The van der Waals surface area contributed by atoms with Crippen LogP contribution in [0.25, 0.3) is 0 Å². The minimum absolute atomic E-state index is 0.0284. The molecule has 1 rings (SSSR count). The molecule has 0 spiro atoms. The van der Waals surface area contributed by atoms with Crippen molar-refractivity contribution in [2.75, 3.05) is 7.11 Å². The van der Waals surface area contributed by atoms with E-state index in [0.29, 0.717) is 5.56 Å². The van der Waals surface area contributed by atoms with Gasteiger partial charge in [0.05, 0.1) is 7.11 Å². The fourth-order valence-corrected chi connectivity index (χ4v) is 1.32. The number of rotatable bonds is 5. The van der Waals surface area contributed by atoms with E-state index in [9.17, 15) is 9.18 Å². The molecule has 0 bridgehead atoms. The fraction of sp³-hybridized carbons (Fsp3) is 0.364. The first-order valence-corrected chi connectivity index (χ1v) is 4.78. The highest BCUT2D eigenvalue weighted by atomic mass is 19.1. The van der Waals surface area contributed by atoms with Gasteiger partial charge in [0.15, 0.2) is 17.7 Å². The predicted molar refractivity (Wildman–Crippen MR) is 54.9 cm³/mol. The molecule has 1 atom stereocenters. The van der Waals surface area contributed by atoms with Gasteiger partial charge in [0, 0.05) is 0 Å². The number of aliphatic hydroxyl groups excluding tert-OH is 1. The van der Waals surface area contributed by atoms with Crippen LogP contribution in [0.4, 0.5) is 4.39 Å². The van der Waals surface area contributed by atoms with Gasteiger partial charge in [-0.2, -0.15) is 0 Å². The predicted octanol–water partition coefficient (Wildman–Crippen LogP) is 1.21. The van der Waals surface area contributed by atoms with Crippen LogP contribution < -0.4 is 4.74 Å². The van der Waals surface area contributed by atoms with E-state index in [1.807, 2.05) is 0 Å². The van der Waals surface area contributed by atoms with Crippen molar-refractivity contribution >= 4 is 5.97 Å². The normalized spacial score (nSPS) is 12.2. The number of halogens is 1. The topological polar surface area (TPSA) is 66.8 Å². The quantitative estimate of drug-likeness (QED) is 0.795. The Morgan fingerprint density at radius 2 is 2.25 bits per heavy atom. The number of ether oxygens (including phenoxy) is 1. The van der Waals surface area contributed by atoms with Crippen molar-refractivity contribution in [2.24, 2.45) is 0 Å². The minimum atomic E-state index is -1.47. The van der Waals surface area contributed by atoms with Gasteiger partial charge in [0.1, 0.15) is 0 Å². The Balaban J connectivity index is 2.71. The van der Waals surface area contributed by atoms with Crippen molar-refractivity contribution in [1.82, 2.24) is 0 Å². The number of carboxylic acid groups (broad SMARTS) is 1. The van der Waals surface area contributed by atoms with Crippen LogP contribution in [0.2, 0.25) is 0 Å². The standard InChI is InChI=1S/C11H13FO4/c1-16-9-4-2-3-7(10(9)12)5-6-8(13)11(14)15/h2-4,8,13H,5-6H2,1H3,(H,14,15). The molecule has 0 radical (unpaired) electrons. The lowest BCUT2D eigenvalue weighted by molar-refractivity contribution is -0.146. The van der Waals surface area contributed by atoms with E-state index in [4.69, 9.17) is 14.9 Å². The van der Waals surface area contributed by atoms with Crippen molar-refractivity contribution < 1.29 is 24.1 Å². The molecule has 0 aliphatic rings. The summed E-state index contributed by atoms with van der Waals surface area (Å²) in [5.41, 5.74) is 0.333. The zero-order valence-electron chi connectivity index (χ0n) is 8.81. The van der Waals surface area contributed by atoms with Crippen LogP contribution in [-0.4, -0.2) is 29.4 Å². The highest BCUT2D eigenvalue weighted by molar-refractivity contribution is 5.71. The molecule has 1 aromatic rings. The first-order valence-electron chi connectivity index (χ1n) is 4.78. The number of aliphatic hydroxyl groups is 1. The molecular formula is C11H13FO4. The van der Waals surface area contributed by atoms with Crippen molar-refractivity contribution in [3.63, 3.8) is 0 Å². The average Bonchev–Trinajstić information content (AvgIpc) is 2.27. The van der Waals surface area contributed by atoms with Crippen LogP contribution in [0.3, 0.4) is 0 Å². The van der Waals surface area contributed by atoms with Crippen LogP contribution in [0, 0.1) is 5.82 Å². The maximum absolute atomic E-state index is 13.6. The lowest BCUT2D eigenvalue weighted by Crippen LogP contribution is -2.20. The Kier molecular flexibility index (Phi) is 4.25. The summed E-state index contributed by atoms with van der Waals surface area (Å²) < 4.78 is 18.4. The molecule has 1 aromatic carbocycles. The highest BCUT2D eigenvalue weighted by Gasteiger charge is 2.15. The molecule has 0 heterocycles. The largest absolute Gasteiger partial charge is 0.494 e. The van der Waals surface area contributed by atoms with Gasteiger partial charge in [-0.15, -0.1) is 0 Å². The Morgan fingerprint density at radius 3 is 2.81 bits per heavy atom. The molecule has 0 saturated carbocycles. The van der Waals surface area contributed by atoms with Crippen molar-refractivity contribution in [2.45, 2.75) is 18.9 Å². The van der Waals surface area contributed by atoms with Crippen molar-refractivity contribution in [3.8, 4) is 5.75 Å². The number of aryl methyl sites for hydroxylation is 1. The van der Waals surface area contributed by atoms with Gasteiger partial charge in [-0.25, -0.2) is 9.18 Å². The second kappa shape index (κ2) is 5.46. The van der Waals surface area contributed by atoms with E-state index in [0.717, 1.165) is 0 Å². The van der Waals surface area contributed by atoms with Gasteiger partial charge in [-0.3, -0.25) is 0 Å². The smallest absolute Gasteiger partial charge is 0.332 e. The summed E-state index contributed by atoms with van der Waals surface area (Å²) in [6.45, 7) is 0. The molecule has 5 heteroatoms. The third kappa shape index (κ3) is 2.93. The van der Waals surface area contributed by atoms with E-state index in [2.05, 4.69) is 0 Å². The Labute approximate surface area is 92.3 Å². The third-order valence-electron chi connectivity index (χ3n) is 2.24. The summed E-state index contributed by atoms with van der Waals surface area (Å²) >= 11 is 0. The van der Waals surface area contributed by atoms with Gasteiger partial charge in [-0.05, 0) is 24.5 Å². The maximum atomic E-state index is 13.6. The number of aliphatic carboxylic acids is 1. The zero-order chi connectivity index (χ0) is 12.1. The lowest BCUT2D eigenvalue weighted by atomic mass is 10.1. The van der Waals surface area contributed by atoms with Gasteiger partial charge < -0.3 is 14.9 Å². The number of hydrogen-bond acceptors (Lipinski definition) is 3. The molecule has 0 saturated heterocycles. The number of carboxylic acids is 1. The lowest BCUT2D eigenvalue weighted by Gasteiger charge is -2.08. The van der Waals surface area contributed by atoms with Gasteiger partial charge in [-0.1, -0.05) is 12.1 Å². The summed E-state index contributed by atoms with van der Waals surface area (Å²) in [4.78, 5) is 10.4. The molecule has 4 nitrogen and oxygen atoms in total. The minimum Gasteiger partial charge on any atom is -0.494 e. The first kappa shape index (κ1) is 12.4. The van der Waals surface area contributed by atoms with E-state index in [1.54, 1.807) is 6.07 Å².